The second kappa shape index (κ2) is 9.58. The number of carbonyl (C=O) groups excluding carboxylic acids is 2. The molecule has 0 spiro atoms. The Morgan fingerprint density at radius 2 is 1.51 bits per heavy atom. The second-order valence-electron chi connectivity index (χ2n) is 8.34. The Morgan fingerprint density at radius 1 is 0.886 bits per heavy atom. The number of nitrogens with zero attached hydrogens (tertiary/aromatic N) is 1. The molecule has 0 radical (unpaired) electrons. The highest BCUT2D eigenvalue weighted by Gasteiger charge is 2.45. The van der Waals surface area contributed by atoms with Crippen molar-refractivity contribution in [2.75, 3.05) is 37.7 Å². The van der Waals surface area contributed by atoms with Gasteiger partial charge in [0.15, 0.2) is 11.5 Å². The van der Waals surface area contributed by atoms with Gasteiger partial charge in [0.25, 0.3) is 0 Å². The van der Waals surface area contributed by atoms with Crippen LogP contribution in [0.5, 0.6) is 23.0 Å². The number of benzene rings is 3. The zero-order valence-electron chi connectivity index (χ0n) is 19.5. The van der Waals surface area contributed by atoms with Crippen LogP contribution in [0.3, 0.4) is 0 Å². The maximum Gasteiger partial charge on any atom is 0.230 e. The predicted octanol–water partition coefficient (Wildman–Crippen LogP) is 4.21. The topological polar surface area (TPSA) is 86.3 Å². The first kappa shape index (κ1) is 22.6. The Hall–Kier alpha value is -4.20. The molecule has 8 nitrogen and oxygen atoms in total. The molecular formula is C27H26N2O6. The summed E-state index contributed by atoms with van der Waals surface area (Å²) in [6.45, 7) is 0.950. The molecular weight excluding hydrogens is 448 g/mol. The van der Waals surface area contributed by atoms with Gasteiger partial charge in [-0.3, -0.25) is 9.59 Å². The molecule has 3 aromatic carbocycles. The summed E-state index contributed by atoms with van der Waals surface area (Å²) >= 11 is 0. The Morgan fingerprint density at radius 3 is 2.17 bits per heavy atom. The first-order chi connectivity index (χ1) is 17.1. The van der Waals surface area contributed by atoms with Gasteiger partial charge in [-0.1, -0.05) is 12.1 Å². The Kier molecular flexibility index (Phi) is 6.18. The lowest BCUT2D eigenvalue weighted by Crippen LogP contribution is -2.32. The van der Waals surface area contributed by atoms with Gasteiger partial charge in [-0.2, -0.15) is 0 Å². The number of carbonyl (C=O) groups is 2. The molecule has 2 aliphatic heterocycles. The molecule has 1 fully saturated rings. The van der Waals surface area contributed by atoms with E-state index in [0.717, 1.165) is 5.56 Å². The second-order valence-corrected chi connectivity index (χ2v) is 8.34. The fourth-order valence-electron chi connectivity index (χ4n) is 4.56. The highest BCUT2D eigenvalue weighted by atomic mass is 16.6. The maximum absolute atomic E-state index is 13.5. The molecule has 3 aromatic rings. The van der Waals surface area contributed by atoms with Gasteiger partial charge >= 0.3 is 0 Å². The van der Waals surface area contributed by atoms with Gasteiger partial charge < -0.3 is 29.2 Å². The van der Waals surface area contributed by atoms with E-state index in [1.807, 2.05) is 36.4 Å². The molecule has 2 heterocycles. The fraction of sp³-hybridized carbons (Fsp3) is 0.259. The smallest absolute Gasteiger partial charge is 0.230 e. The van der Waals surface area contributed by atoms with Crippen molar-refractivity contribution in [3.05, 3.63) is 72.3 Å². The van der Waals surface area contributed by atoms with Crippen molar-refractivity contribution < 1.29 is 28.5 Å². The lowest BCUT2D eigenvalue weighted by atomic mass is 9.92. The van der Waals surface area contributed by atoms with Gasteiger partial charge in [-0.15, -0.1) is 0 Å². The summed E-state index contributed by atoms with van der Waals surface area (Å²) < 4.78 is 21.7. The van der Waals surface area contributed by atoms with Gasteiger partial charge in [0.1, 0.15) is 24.7 Å². The van der Waals surface area contributed by atoms with Crippen LogP contribution in [-0.2, 0) is 9.59 Å². The first-order valence-corrected chi connectivity index (χ1v) is 11.4. The van der Waals surface area contributed by atoms with Crippen LogP contribution in [0.2, 0.25) is 0 Å². The first-order valence-electron chi connectivity index (χ1n) is 11.4. The van der Waals surface area contributed by atoms with Crippen LogP contribution in [-0.4, -0.2) is 39.2 Å². The Labute approximate surface area is 203 Å². The van der Waals surface area contributed by atoms with Crippen LogP contribution in [0.4, 0.5) is 11.4 Å². The minimum Gasteiger partial charge on any atom is -0.497 e. The van der Waals surface area contributed by atoms with Crippen molar-refractivity contribution in [1.82, 2.24) is 0 Å². The molecule has 0 aliphatic carbocycles. The van der Waals surface area contributed by atoms with E-state index in [1.165, 1.54) is 0 Å². The number of fused-ring (bicyclic) bond motifs is 1. The average Bonchev–Trinajstić information content (AvgIpc) is 3.25. The summed E-state index contributed by atoms with van der Waals surface area (Å²) in [6, 6.07) is 19.5. The van der Waals surface area contributed by atoms with Crippen molar-refractivity contribution >= 4 is 23.2 Å². The molecule has 1 N–H and O–H groups in total. The van der Waals surface area contributed by atoms with Crippen molar-refractivity contribution in [3.63, 3.8) is 0 Å². The molecule has 0 bridgehead atoms. The molecule has 2 aliphatic rings. The van der Waals surface area contributed by atoms with E-state index in [0.29, 0.717) is 47.6 Å². The maximum atomic E-state index is 13.5. The molecule has 0 aromatic heterocycles. The van der Waals surface area contributed by atoms with Crippen molar-refractivity contribution in [3.8, 4) is 23.0 Å². The highest BCUT2D eigenvalue weighted by Crippen LogP contribution is 2.43. The minimum absolute atomic E-state index is 0.0825. The molecule has 1 saturated heterocycles. The molecule has 180 valence electrons. The van der Waals surface area contributed by atoms with Crippen LogP contribution in [0.1, 0.15) is 18.0 Å². The minimum atomic E-state index is -0.605. The van der Waals surface area contributed by atoms with E-state index in [2.05, 4.69) is 5.32 Å². The van der Waals surface area contributed by atoms with Crippen LogP contribution in [0.15, 0.2) is 66.7 Å². The van der Waals surface area contributed by atoms with Gasteiger partial charge in [0.2, 0.25) is 11.8 Å². The predicted molar refractivity (Wildman–Crippen MR) is 130 cm³/mol. The van der Waals surface area contributed by atoms with Gasteiger partial charge in [-0.25, -0.2) is 0 Å². The van der Waals surface area contributed by atoms with Gasteiger partial charge in [0.05, 0.1) is 26.2 Å². The monoisotopic (exact) mass is 474 g/mol. The molecule has 2 atom stereocenters. The fourth-order valence-corrected chi connectivity index (χ4v) is 4.56. The molecule has 2 amide bonds. The third kappa shape index (κ3) is 4.47. The van der Waals surface area contributed by atoms with Gasteiger partial charge in [-0.05, 0) is 54.1 Å². The van der Waals surface area contributed by atoms with Crippen LogP contribution in [0, 0.1) is 5.92 Å². The van der Waals surface area contributed by atoms with E-state index < -0.39 is 12.0 Å². The average molecular weight is 475 g/mol. The Balaban J connectivity index is 1.46. The summed E-state index contributed by atoms with van der Waals surface area (Å²) in [5, 5.41) is 2.97. The van der Waals surface area contributed by atoms with Crippen LogP contribution in [0.25, 0.3) is 0 Å². The van der Waals surface area contributed by atoms with E-state index in [1.54, 1.807) is 49.5 Å². The number of ether oxygens (including phenoxy) is 4. The normalized spacial score (nSPS) is 18.8. The summed E-state index contributed by atoms with van der Waals surface area (Å²) in [7, 11) is 3.19. The van der Waals surface area contributed by atoms with E-state index in [-0.39, 0.29) is 18.2 Å². The number of hydrogen-bond acceptors (Lipinski definition) is 6. The quantitative estimate of drug-likeness (QED) is 0.576. The lowest BCUT2D eigenvalue weighted by molar-refractivity contribution is -0.122. The highest BCUT2D eigenvalue weighted by molar-refractivity contribution is 6.04. The SMILES string of the molecule is COc1ccc([C@@H]2[C@@H](C(=O)Nc3ccc4c(c3)OCCO4)CC(=O)N2c2ccc(OC)cc2)cc1. The summed E-state index contributed by atoms with van der Waals surface area (Å²) in [6.07, 6.45) is 0.0825. The summed E-state index contributed by atoms with van der Waals surface area (Å²) in [5.41, 5.74) is 2.13. The van der Waals surface area contributed by atoms with Crippen molar-refractivity contribution in [1.29, 1.82) is 0 Å². The third-order valence-electron chi connectivity index (χ3n) is 6.28. The molecule has 35 heavy (non-hydrogen) atoms. The van der Waals surface area contributed by atoms with Crippen molar-refractivity contribution in [2.45, 2.75) is 12.5 Å². The number of anilines is 2. The molecule has 5 rings (SSSR count). The van der Waals surface area contributed by atoms with Gasteiger partial charge in [0, 0.05) is 23.9 Å². The van der Waals surface area contributed by atoms with E-state index >= 15 is 0 Å². The molecule has 8 heteroatoms. The number of methoxy groups -OCH3 is 2. The molecule has 0 saturated carbocycles. The third-order valence-corrected chi connectivity index (χ3v) is 6.28. The van der Waals surface area contributed by atoms with E-state index in [9.17, 15) is 9.59 Å². The van der Waals surface area contributed by atoms with Crippen LogP contribution >= 0.6 is 0 Å². The molecule has 0 unspecified atom stereocenters. The number of nitrogens with one attached hydrogen (secondary N) is 1. The zero-order chi connectivity index (χ0) is 24.4. The van der Waals surface area contributed by atoms with E-state index in [4.69, 9.17) is 18.9 Å². The largest absolute Gasteiger partial charge is 0.497 e. The number of amides is 2. The zero-order valence-corrected chi connectivity index (χ0v) is 19.5. The number of rotatable bonds is 6. The van der Waals surface area contributed by atoms with Crippen molar-refractivity contribution in [2.24, 2.45) is 5.92 Å². The lowest BCUT2D eigenvalue weighted by Gasteiger charge is -2.29. The summed E-state index contributed by atoms with van der Waals surface area (Å²) in [4.78, 5) is 28.4. The summed E-state index contributed by atoms with van der Waals surface area (Å²) in [5.74, 6) is 1.65. The Bertz CT molecular complexity index is 1230. The standard InChI is InChI=1S/C27H26N2O6/c1-32-20-8-3-17(4-9-20)26-22(16-25(30)29(26)19-6-10-21(33-2)11-7-19)27(31)28-18-5-12-23-24(15-18)35-14-13-34-23/h3-12,15,22,26H,13-14,16H2,1-2H3,(H,28,31)/t22-,26+/m0/s1. The van der Waals surface area contributed by atoms with Crippen LogP contribution < -0.4 is 29.2 Å². The number of hydrogen-bond donors (Lipinski definition) is 1.